The van der Waals surface area contributed by atoms with Crippen LogP contribution in [0.2, 0.25) is 0 Å². The van der Waals surface area contributed by atoms with E-state index in [9.17, 15) is 0 Å². The summed E-state index contributed by atoms with van der Waals surface area (Å²) in [5, 5.41) is 4.44. The minimum atomic E-state index is 0.0139. The first-order valence-corrected chi connectivity index (χ1v) is 5.03. The molecule has 3 nitrogen and oxygen atoms in total. The van der Waals surface area contributed by atoms with Gasteiger partial charge < -0.3 is 5.73 Å². The number of hydrogen-bond acceptors (Lipinski definition) is 2. The minimum Gasteiger partial charge on any atom is -0.323 e. The number of rotatable bonds is 2. The van der Waals surface area contributed by atoms with Crippen molar-refractivity contribution in [1.29, 1.82) is 0 Å². The largest absolute Gasteiger partial charge is 0.323 e. The van der Waals surface area contributed by atoms with Gasteiger partial charge in [-0.2, -0.15) is 5.10 Å². The van der Waals surface area contributed by atoms with Crippen LogP contribution in [0.3, 0.4) is 0 Å². The molecule has 15 heavy (non-hydrogen) atoms. The molecule has 0 radical (unpaired) electrons. The smallest absolute Gasteiger partial charge is 0.0926 e. The van der Waals surface area contributed by atoms with Gasteiger partial charge in [0.2, 0.25) is 0 Å². The van der Waals surface area contributed by atoms with Crippen LogP contribution in [0.25, 0.3) is 11.3 Å². The first-order chi connectivity index (χ1) is 7.18. The van der Waals surface area contributed by atoms with E-state index in [-0.39, 0.29) is 6.04 Å². The maximum atomic E-state index is 5.85. The first kappa shape index (κ1) is 9.93. The summed E-state index contributed by atoms with van der Waals surface area (Å²) in [5.41, 5.74) is 9.00. The standard InChI is InChI=1S/C12H15N3/c1-9(13)12-8-11(14-15(12)2)10-6-4-3-5-7-10/h3-9H,13H2,1-2H3/t9-/m1/s1. The van der Waals surface area contributed by atoms with Gasteiger partial charge in [-0.1, -0.05) is 30.3 Å². The molecule has 0 amide bonds. The van der Waals surface area contributed by atoms with Crippen LogP contribution in [-0.2, 0) is 7.05 Å². The van der Waals surface area contributed by atoms with E-state index in [2.05, 4.69) is 5.10 Å². The number of aryl methyl sites for hydroxylation is 1. The lowest BCUT2D eigenvalue weighted by atomic mass is 10.1. The Kier molecular flexibility index (Phi) is 2.56. The summed E-state index contributed by atoms with van der Waals surface area (Å²) in [4.78, 5) is 0. The zero-order valence-corrected chi connectivity index (χ0v) is 9.01. The summed E-state index contributed by atoms with van der Waals surface area (Å²) < 4.78 is 1.84. The van der Waals surface area contributed by atoms with Gasteiger partial charge in [0.05, 0.1) is 11.4 Å². The quantitative estimate of drug-likeness (QED) is 0.808. The molecular formula is C12H15N3. The van der Waals surface area contributed by atoms with Crippen molar-refractivity contribution in [2.45, 2.75) is 13.0 Å². The van der Waals surface area contributed by atoms with Crippen molar-refractivity contribution in [2.75, 3.05) is 0 Å². The molecule has 2 rings (SSSR count). The molecule has 0 saturated heterocycles. The molecule has 1 heterocycles. The highest BCUT2D eigenvalue weighted by molar-refractivity contribution is 5.59. The second-order valence-electron chi connectivity index (χ2n) is 3.73. The van der Waals surface area contributed by atoms with Crippen molar-refractivity contribution in [3.8, 4) is 11.3 Å². The lowest BCUT2D eigenvalue weighted by molar-refractivity contribution is 0.655. The summed E-state index contributed by atoms with van der Waals surface area (Å²) >= 11 is 0. The summed E-state index contributed by atoms with van der Waals surface area (Å²) in [6.07, 6.45) is 0. The second kappa shape index (κ2) is 3.87. The van der Waals surface area contributed by atoms with Gasteiger partial charge in [-0.3, -0.25) is 4.68 Å². The molecule has 0 aliphatic heterocycles. The van der Waals surface area contributed by atoms with Gasteiger partial charge in [0.15, 0.2) is 0 Å². The van der Waals surface area contributed by atoms with E-state index in [0.717, 1.165) is 17.0 Å². The molecule has 2 aromatic rings. The topological polar surface area (TPSA) is 43.8 Å². The van der Waals surface area contributed by atoms with Crippen molar-refractivity contribution in [3.05, 3.63) is 42.1 Å². The zero-order chi connectivity index (χ0) is 10.8. The van der Waals surface area contributed by atoms with Gasteiger partial charge in [-0.15, -0.1) is 0 Å². The van der Waals surface area contributed by atoms with E-state index in [1.807, 2.05) is 55.1 Å². The number of hydrogen-bond donors (Lipinski definition) is 1. The number of nitrogens with zero attached hydrogens (tertiary/aromatic N) is 2. The predicted octanol–water partition coefficient (Wildman–Crippen LogP) is 2.11. The maximum Gasteiger partial charge on any atom is 0.0926 e. The molecule has 2 N–H and O–H groups in total. The second-order valence-corrected chi connectivity index (χ2v) is 3.73. The number of nitrogens with two attached hydrogens (primary N) is 1. The van der Waals surface area contributed by atoms with Crippen LogP contribution in [0.5, 0.6) is 0 Å². The highest BCUT2D eigenvalue weighted by atomic mass is 15.3. The lowest BCUT2D eigenvalue weighted by Gasteiger charge is -2.03. The molecule has 0 spiro atoms. The van der Waals surface area contributed by atoms with Crippen LogP contribution in [-0.4, -0.2) is 9.78 Å². The first-order valence-electron chi connectivity index (χ1n) is 5.03. The molecule has 0 bridgehead atoms. The lowest BCUT2D eigenvalue weighted by Crippen LogP contribution is -2.10. The van der Waals surface area contributed by atoms with Crippen molar-refractivity contribution in [2.24, 2.45) is 12.8 Å². The molecule has 0 aliphatic rings. The van der Waals surface area contributed by atoms with Gasteiger partial charge in [-0.05, 0) is 13.0 Å². The Balaban J connectivity index is 2.43. The minimum absolute atomic E-state index is 0.0139. The van der Waals surface area contributed by atoms with Crippen molar-refractivity contribution >= 4 is 0 Å². The van der Waals surface area contributed by atoms with Gasteiger partial charge >= 0.3 is 0 Å². The fourth-order valence-corrected chi connectivity index (χ4v) is 1.66. The molecule has 78 valence electrons. The summed E-state index contributed by atoms with van der Waals surface area (Å²) in [5.74, 6) is 0. The highest BCUT2D eigenvalue weighted by Gasteiger charge is 2.09. The van der Waals surface area contributed by atoms with E-state index in [1.54, 1.807) is 0 Å². The van der Waals surface area contributed by atoms with E-state index < -0.39 is 0 Å². The molecule has 0 aliphatic carbocycles. The van der Waals surface area contributed by atoms with Gasteiger partial charge in [0.1, 0.15) is 0 Å². The molecule has 0 fully saturated rings. The predicted molar refractivity (Wildman–Crippen MR) is 61.2 cm³/mol. The normalized spacial score (nSPS) is 12.7. The van der Waals surface area contributed by atoms with Gasteiger partial charge in [0, 0.05) is 18.7 Å². The van der Waals surface area contributed by atoms with E-state index in [4.69, 9.17) is 5.73 Å². The maximum absolute atomic E-state index is 5.85. The van der Waals surface area contributed by atoms with Crippen molar-refractivity contribution in [3.63, 3.8) is 0 Å². The monoisotopic (exact) mass is 201 g/mol. The Hall–Kier alpha value is -1.61. The molecule has 0 unspecified atom stereocenters. The average Bonchev–Trinajstić information content (AvgIpc) is 2.62. The van der Waals surface area contributed by atoms with Crippen LogP contribution in [0.4, 0.5) is 0 Å². The van der Waals surface area contributed by atoms with Crippen molar-refractivity contribution < 1.29 is 0 Å². The summed E-state index contributed by atoms with van der Waals surface area (Å²) in [6, 6.07) is 12.2. The Morgan fingerprint density at radius 2 is 1.93 bits per heavy atom. The van der Waals surface area contributed by atoms with Crippen LogP contribution in [0.15, 0.2) is 36.4 Å². The zero-order valence-electron chi connectivity index (χ0n) is 9.01. The Labute approximate surface area is 89.5 Å². The van der Waals surface area contributed by atoms with Gasteiger partial charge in [-0.25, -0.2) is 0 Å². The molecule has 3 heteroatoms. The number of benzene rings is 1. The Morgan fingerprint density at radius 3 is 2.47 bits per heavy atom. The summed E-state index contributed by atoms with van der Waals surface area (Å²) in [6.45, 7) is 1.96. The third kappa shape index (κ3) is 1.92. The van der Waals surface area contributed by atoms with Gasteiger partial charge in [0.25, 0.3) is 0 Å². The molecule has 1 aromatic heterocycles. The SMILES string of the molecule is C[C@@H](N)c1cc(-c2ccccc2)nn1C. The van der Waals surface area contributed by atoms with Crippen LogP contribution in [0, 0.1) is 0 Å². The van der Waals surface area contributed by atoms with Crippen LogP contribution < -0.4 is 5.73 Å². The molecule has 1 aromatic carbocycles. The van der Waals surface area contributed by atoms with Crippen molar-refractivity contribution in [1.82, 2.24) is 9.78 Å². The average molecular weight is 201 g/mol. The highest BCUT2D eigenvalue weighted by Crippen LogP contribution is 2.20. The molecule has 1 atom stereocenters. The Bertz CT molecular complexity index is 443. The van der Waals surface area contributed by atoms with E-state index >= 15 is 0 Å². The summed E-state index contributed by atoms with van der Waals surface area (Å²) in [7, 11) is 1.92. The fraction of sp³-hybridized carbons (Fsp3) is 0.250. The molecule has 0 saturated carbocycles. The van der Waals surface area contributed by atoms with Crippen LogP contribution in [0.1, 0.15) is 18.7 Å². The third-order valence-electron chi connectivity index (χ3n) is 2.45. The third-order valence-corrected chi connectivity index (χ3v) is 2.45. The van der Waals surface area contributed by atoms with E-state index in [0.29, 0.717) is 0 Å². The Morgan fingerprint density at radius 1 is 1.27 bits per heavy atom. The molecular weight excluding hydrogens is 186 g/mol. The number of aromatic nitrogens is 2. The fourth-order valence-electron chi connectivity index (χ4n) is 1.66. The van der Waals surface area contributed by atoms with E-state index in [1.165, 1.54) is 0 Å². The van der Waals surface area contributed by atoms with Crippen LogP contribution >= 0.6 is 0 Å².